The lowest BCUT2D eigenvalue weighted by molar-refractivity contribution is 0.100. The maximum Gasteiger partial charge on any atom is 0.252 e. The molecule has 0 aliphatic carbocycles. The second-order valence-corrected chi connectivity index (χ2v) is 6.33. The zero-order chi connectivity index (χ0) is 16.9. The van der Waals surface area contributed by atoms with Gasteiger partial charge in [-0.3, -0.25) is 14.7 Å². The van der Waals surface area contributed by atoms with E-state index in [1.165, 1.54) is 11.8 Å². The average molecular weight is 324 g/mol. The zero-order valence-corrected chi connectivity index (χ0v) is 14.0. The van der Waals surface area contributed by atoms with E-state index >= 15 is 0 Å². The third-order valence-corrected chi connectivity index (χ3v) is 4.81. The first kappa shape index (κ1) is 16.5. The summed E-state index contributed by atoms with van der Waals surface area (Å²) in [5.74, 6) is -0.444. The minimum absolute atomic E-state index is 0.352. The molecule has 0 bridgehead atoms. The highest BCUT2D eigenvalue weighted by Crippen LogP contribution is 2.26. The van der Waals surface area contributed by atoms with E-state index in [0.717, 1.165) is 31.6 Å². The first-order valence-corrected chi connectivity index (χ1v) is 8.44. The summed E-state index contributed by atoms with van der Waals surface area (Å²) in [4.78, 5) is 18.0. The standard InChI is InChI=1S/C19H24N4O/c1-14(15-5-3-2-4-6-15)23-11-8-16(9-12-23)22-18-7-10-21-13-17(18)19(20)24/h2-7,10,13-14,16H,8-9,11-12H2,1H3,(H2,20,24)(H,21,22). The van der Waals surface area contributed by atoms with Crippen molar-refractivity contribution in [3.8, 4) is 0 Å². The summed E-state index contributed by atoms with van der Waals surface area (Å²) >= 11 is 0. The van der Waals surface area contributed by atoms with Crippen LogP contribution in [0.15, 0.2) is 48.8 Å². The molecule has 126 valence electrons. The molecule has 1 aliphatic rings. The van der Waals surface area contributed by atoms with Crippen LogP contribution in [0.25, 0.3) is 0 Å². The average Bonchev–Trinajstić information content (AvgIpc) is 2.63. The number of rotatable bonds is 5. The van der Waals surface area contributed by atoms with Crippen LogP contribution in [0, 0.1) is 0 Å². The van der Waals surface area contributed by atoms with Crippen molar-refractivity contribution in [3.63, 3.8) is 0 Å². The van der Waals surface area contributed by atoms with Crippen molar-refractivity contribution in [2.24, 2.45) is 5.73 Å². The van der Waals surface area contributed by atoms with Crippen molar-refractivity contribution in [2.75, 3.05) is 18.4 Å². The lowest BCUT2D eigenvalue weighted by Crippen LogP contribution is -2.40. The van der Waals surface area contributed by atoms with Gasteiger partial charge in [-0.25, -0.2) is 0 Å². The molecule has 1 unspecified atom stereocenters. The van der Waals surface area contributed by atoms with Crippen LogP contribution < -0.4 is 11.1 Å². The van der Waals surface area contributed by atoms with Crippen LogP contribution >= 0.6 is 0 Å². The molecule has 0 spiro atoms. The Hall–Kier alpha value is -2.40. The largest absolute Gasteiger partial charge is 0.381 e. The number of pyridine rings is 1. The number of carbonyl (C=O) groups is 1. The highest BCUT2D eigenvalue weighted by molar-refractivity contribution is 5.98. The number of amides is 1. The number of hydrogen-bond donors (Lipinski definition) is 2. The molecule has 1 atom stereocenters. The van der Waals surface area contributed by atoms with E-state index < -0.39 is 5.91 Å². The van der Waals surface area contributed by atoms with E-state index in [1.54, 1.807) is 6.20 Å². The molecule has 1 saturated heterocycles. The van der Waals surface area contributed by atoms with Gasteiger partial charge in [0.2, 0.25) is 0 Å². The fourth-order valence-electron chi connectivity index (χ4n) is 3.31. The van der Waals surface area contributed by atoms with Crippen LogP contribution in [0.4, 0.5) is 5.69 Å². The van der Waals surface area contributed by atoms with Gasteiger partial charge in [0.05, 0.1) is 11.3 Å². The minimum atomic E-state index is -0.444. The predicted molar refractivity (Wildman–Crippen MR) is 95.8 cm³/mol. The number of likely N-dealkylation sites (tertiary alicyclic amines) is 1. The Kier molecular flexibility index (Phi) is 5.11. The van der Waals surface area contributed by atoms with E-state index in [2.05, 4.69) is 52.5 Å². The van der Waals surface area contributed by atoms with Crippen molar-refractivity contribution >= 4 is 11.6 Å². The Bertz CT molecular complexity index is 681. The number of hydrogen-bond acceptors (Lipinski definition) is 4. The highest BCUT2D eigenvalue weighted by atomic mass is 16.1. The number of aromatic nitrogens is 1. The molecule has 5 heteroatoms. The SMILES string of the molecule is CC(c1ccccc1)N1CCC(Nc2ccncc2C(N)=O)CC1. The third kappa shape index (κ3) is 3.74. The molecule has 1 fully saturated rings. The van der Waals surface area contributed by atoms with Gasteiger partial charge in [0.25, 0.3) is 5.91 Å². The normalized spacial score (nSPS) is 17.4. The molecule has 2 heterocycles. The van der Waals surface area contributed by atoms with Crippen LogP contribution in [0.2, 0.25) is 0 Å². The Labute approximate surface area is 142 Å². The summed E-state index contributed by atoms with van der Waals surface area (Å²) in [6, 6.07) is 13.2. The quantitative estimate of drug-likeness (QED) is 0.887. The van der Waals surface area contributed by atoms with Crippen LogP contribution in [-0.2, 0) is 0 Å². The number of anilines is 1. The monoisotopic (exact) mass is 324 g/mol. The maximum absolute atomic E-state index is 11.5. The zero-order valence-electron chi connectivity index (χ0n) is 14.0. The number of primary amides is 1. The van der Waals surface area contributed by atoms with Gasteiger partial charge in [-0.2, -0.15) is 0 Å². The summed E-state index contributed by atoms with van der Waals surface area (Å²) < 4.78 is 0. The van der Waals surface area contributed by atoms with Gasteiger partial charge in [0.1, 0.15) is 0 Å². The molecular weight excluding hydrogens is 300 g/mol. The van der Waals surface area contributed by atoms with E-state index in [1.807, 2.05) is 6.07 Å². The third-order valence-electron chi connectivity index (χ3n) is 4.81. The lowest BCUT2D eigenvalue weighted by atomic mass is 9.99. The van der Waals surface area contributed by atoms with Crippen molar-refractivity contribution in [1.82, 2.24) is 9.88 Å². The molecular formula is C19H24N4O. The van der Waals surface area contributed by atoms with Crippen LogP contribution in [-0.4, -0.2) is 34.9 Å². The topological polar surface area (TPSA) is 71.2 Å². The summed E-state index contributed by atoms with van der Waals surface area (Å²) in [6.45, 7) is 4.33. The number of nitrogens with two attached hydrogens (primary N) is 1. The first-order valence-electron chi connectivity index (χ1n) is 8.44. The molecule has 0 saturated carbocycles. The first-order chi connectivity index (χ1) is 11.6. The smallest absolute Gasteiger partial charge is 0.252 e. The summed E-state index contributed by atoms with van der Waals surface area (Å²) in [7, 11) is 0. The lowest BCUT2D eigenvalue weighted by Gasteiger charge is -2.37. The number of carbonyl (C=O) groups excluding carboxylic acids is 1. The van der Waals surface area contributed by atoms with Crippen molar-refractivity contribution < 1.29 is 4.79 Å². The number of nitrogens with one attached hydrogen (secondary N) is 1. The van der Waals surface area contributed by atoms with E-state index in [-0.39, 0.29) is 0 Å². The van der Waals surface area contributed by atoms with Crippen LogP contribution in [0.3, 0.4) is 0 Å². The summed E-state index contributed by atoms with van der Waals surface area (Å²) in [5, 5.41) is 3.46. The highest BCUT2D eigenvalue weighted by Gasteiger charge is 2.24. The molecule has 3 N–H and O–H groups in total. The van der Waals surface area contributed by atoms with E-state index in [4.69, 9.17) is 5.73 Å². The number of piperidine rings is 1. The van der Waals surface area contributed by atoms with Gasteiger partial charge >= 0.3 is 0 Å². The molecule has 2 aromatic rings. The molecule has 3 rings (SSSR count). The Morgan fingerprint density at radius 3 is 2.62 bits per heavy atom. The van der Waals surface area contributed by atoms with Gasteiger partial charge in [-0.1, -0.05) is 30.3 Å². The van der Waals surface area contributed by atoms with Gasteiger partial charge in [0, 0.05) is 37.6 Å². The van der Waals surface area contributed by atoms with Gasteiger partial charge in [0.15, 0.2) is 0 Å². The number of nitrogens with zero attached hydrogens (tertiary/aromatic N) is 2. The van der Waals surface area contributed by atoms with Gasteiger partial charge in [-0.15, -0.1) is 0 Å². The molecule has 1 aromatic heterocycles. The molecule has 1 aliphatic heterocycles. The second-order valence-electron chi connectivity index (χ2n) is 6.33. The van der Waals surface area contributed by atoms with E-state index in [9.17, 15) is 4.79 Å². The van der Waals surface area contributed by atoms with Gasteiger partial charge < -0.3 is 11.1 Å². The molecule has 1 amide bonds. The van der Waals surface area contributed by atoms with Crippen LogP contribution in [0.1, 0.15) is 41.7 Å². The fraction of sp³-hybridized carbons (Fsp3) is 0.368. The summed E-state index contributed by atoms with van der Waals surface area (Å²) in [5.41, 5.74) is 8.01. The molecule has 0 radical (unpaired) electrons. The van der Waals surface area contributed by atoms with Crippen molar-refractivity contribution in [1.29, 1.82) is 0 Å². The fourth-order valence-corrected chi connectivity index (χ4v) is 3.31. The van der Waals surface area contributed by atoms with Gasteiger partial charge in [-0.05, 0) is 31.4 Å². The molecule has 24 heavy (non-hydrogen) atoms. The Morgan fingerprint density at radius 1 is 1.25 bits per heavy atom. The molecule has 1 aromatic carbocycles. The van der Waals surface area contributed by atoms with Crippen molar-refractivity contribution in [3.05, 3.63) is 59.9 Å². The summed E-state index contributed by atoms with van der Waals surface area (Å²) in [6.07, 6.45) is 5.29. The second kappa shape index (κ2) is 7.45. The predicted octanol–water partition coefficient (Wildman–Crippen LogP) is 2.82. The maximum atomic E-state index is 11.5. The Balaban J connectivity index is 1.59. The number of benzene rings is 1. The van der Waals surface area contributed by atoms with Crippen molar-refractivity contribution in [2.45, 2.75) is 31.8 Å². The Morgan fingerprint density at radius 2 is 1.96 bits per heavy atom. The van der Waals surface area contributed by atoms with Crippen LogP contribution in [0.5, 0.6) is 0 Å². The van der Waals surface area contributed by atoms with E-state index in [0.29, 0.717) is 17.6 Å². The minimum Gasteiger partial charge on any atom is -0.381 e. The molecule has 5 nitrogen and oxygen atoms in total.